The zero-order valence-corrected chi connectivity index (χ0v) is 15.7. The predicted molar refractivity (Wildman–Crippen MR) is 96.2 cm³/mol. The number of fused-ring (bicyclic) bond motifs is 2. The monoisotopic (exact) mass is 410 g/mol. The van der Waals surface area contributed by atoms with Gasteiger partial charge in [0.05, 0.1) is 10.6 Å². The van der Waals surface area contributed by atoms with E-state index in [1.165, 1.54) is 31.2 Å². The Morgan fingerprint density at radius 3 is 2.61 bits per heavy atom. The van der Waals surface area contributed by atoms with E-state index in [2.05, 4.69) is 14.2 Å². The summed E-state index contributed by atoms with van der Waals surface area (Å²) in [4.78, 5) is 13.4. The first-order valence-electron chi connectivity index (χ1n) is 8.41. The second kappa shape index (κ2) is 6.06. The summed E-state index contributed by atoms with van der Waals surface area (Å²) in [6.07, 6.45) is -3.24. The van der Waals surface area contributed by atoms with E-state index in [1.54, 1.807) is 11.0 Å². The number of nitrogens with zero attached hydrogens (tertiary/aromatic N) is 1. The van der Waals surface area contributed by atoms with Crippen molar-refractivity contribution in [3.05, 3.63) is 42.0 Å². The zero-order chi connectivity index (χ0) is 20.3. The van der Waals surface area contributed by atoms with Gasteiger partial charge in [-0.05, 0) is 49.2 Å². The van der Waals surface area contributed by atoms with Gasteiger partial charge in [0, 0.05) is 24.7 Å². The van der Waals surface area contributed by atoms with E-state index in [4.69, 9.17) is 0 Å². The zero-order valence-electron chi connectivity index (χ0n) is 14.9. The van der Waals surface area contributed by atoms with Gasteiger partial charge in [0.1, 0.15) is 0 Å². The maximum absolute atomic E-state index is 13.1. The largest absolute Gasteiger partial charge is 0.586 e. The molecule has 0 fully saturated rings. The average Bonchev–Trinajstić information content (AvgIpc) is 3.07. The van der Waals surface area contributed by atoms with Crippen LogP contribution in [0.2, 0.25) is 0 Å². The van der Waals surface area contributed by atoms with Crippen LogP contribution in [0.3, 0.4) is 0 Å². The van der Waals surface area contributed by atoms with Crippen LogP contribution in [-0.4, -0.2) is 26.7 Å². The molecule has 10 heteroatoms. The first-order valence-corrected chi connectivity index (χ1v) is 9.89. The van der Waals surface area contributed by atoms with Crippen LogP contribution in [-0.2, 0) is 21.2 Å². The summed E-state index contributed by atoms with van der Waals surface area (Å²) in [5, 5.41) is 0. The average molecular weight is 410 g/mol. The van der Waals surface area contributed by atoms with Gasteiger partial charge >= 0.3 is 6.29 Å². The molecule has 0 spiro atoms. The molecule has 0 saturated carbocycles. The van der Waals surface area contributed by atoms with Gasteiger partial charge in [-0.2, -0.15) is 0 Å². The summed E-state index contributed by atoms with van der Waals surface area (Å²) >= 11 is 0. The maximum Gasteiger partial charge on any atom is 0.586 e. The minimum Gasteiger partial charge on any atom is -0.395 e. The lowest BCUT2D eigenvalue weighted by atomic mass is 10.1. The highest BCUT2D eigenvalue weighted by Crippen LogP contribution is 2.42. The normalized spacial score (nSPS) is 19.4. The van der Waals surface area contributed by atoms with Crippen molar-refractivity contribution in [1.82, 2.24) is 0 Å². The van der Waals surface area contributed by atoms with Crippen molar-refractivity contribution >= 4 is 27.3 Å². The van der Waals surface area contributed by atoms with Crippen molar-refractivity contribution in [3.63, 3.8) is 0 Å². The standard InChI is InChI=1S/C18H16F2N2O5S/c1-10-7-12-8-14(4-5-15(12)22(10)11(2)23)28(24,25)21-13-3-6-16-17(9-13)27-18(19,20)26-16/h3-6,8-10,21H,7H2,1-2H3/t10-/m0/s1. The highest BCUT2D eigenvalue weighted by Gasteiger charge is 2.43. The lowest BCUT2D eigenvalue weighted by Gasteiger charge is -2.20. The molecular weight excluding hydrogens is 394 g/mol. The van der Waals surface area contributed by atoms with Crippen molar-refractivity contribution in [2.24, 2.45) is 0 Å². The lowest BCUT2D eigenvalue weighted by Crippen LogP contribution is -2.33. The van der Waals surface area contributed by atoms with Gasteiger partial charge in [0.2, 0.25) is 5.91 Å². The minimum atomic E-state index is -3.97. The molecule has 0 radical (unpaired) electrons. The van der Waals surface area contributed by atoms with Crippen LogP contribution in [0.15, 0.2) is 41.3 Å². The predicted octanol–water partition coefficient (Wildman–Crippen LogP) is 3.11. The number of anilines is 2. The van der Waals surface area contributed by atoms with E-state index in [-0.39, 0.29) is 34.0 Å². The van der Waals surface area contributed by atoms with Gasteiger partial charge in [-0.15, -0.1) is 8.78 Å². The van der Waals surface area contributed by atoms with Crippen LogP contribution < -0.4 is 19.1 Å². The van der Waals surface area contributed by atoms with Crippen LogP contribution in [0.4, 0.5) is 20.2 Å². The van der Waals surface area contributed by atoms with Crippen molar-refractivity contribution in [2.45, 2.75) is 37.5 Å². The van der Waals surface area contributed by atoms with Crippen LogP contribution >= 0.6 is 0 Å². The molecule has 0 aromatic heterocycles. The number of halogens is 2. The number of carbonyl (C=O) groups is 1. The van der Waals surface area contributed by atoms with Crippen LogP contribution in [0.25, 0.3) is 0 Å². The molecule has 2 heterocycles. The summed E-state index contributed by atoms with van der Waals surface area (Å²) in [6.45, 7) is 3.34. The Hall–Kier alpha value is -2.88. The minimum absolute atomic E-state index is 0.00634. The fraction of sp³-hybridized carbons (Fsp3) is 0.278. The van der Waals surface area contributed by atoms with Crippen LogP contribution in [0.5, 0.6) is 11.5 Å². The summed E-state index contributed by atoms with van der Waals surface area (Å²) in [5.41, 5.74) is 1.49. The van der Waals surface area contributed by atoms with Gasteiger partial charge in [-0.3, -0.25) is 9.52 Å². The number of ether oxygens (including phenoxy) is 2. The van der Waals surface area contributed by atoms with Crippen LogP contribution in [0, 0.1) is 0 Å². The van der Waals surface area contributed by atoms with Gasteiger partial charge in [0.25, 0.3) is 10.0 Å². The third kappa shape index (κ3) is 3.13. The van der Waals surface area contributed by atoms with E-state index < -0.39 is 16.3 Å². The van der Waals surface area contributed by atoms with E-state index in [0.717, 1.165) is 11.6 Å². The van der Waals surface area contributed by atoms with Gasteiger partial charge in [-0.25, -0.2) is 8.42 Å². The Kier molecular flexibility index (Phi) is 4.00. The third-order valence-electron chi connectivity index (χ3n) is 4.57. The summed E-state index contributed by atoms with van der Waals surface area (Å²) in [7, 11) is -3.97. The van der Waals surface area contributed by atoms with E-state index in [0.29, 0.717) is 12.1 Å². The molecule has 1 atom stereocenters. The molecule has 7 nitrogen and oxygen atoms in total. The summed E-state index contributed by atoms with van der Waals surface area (Å²) < 4.78 is 62.6. The fourth-order valence-electron chi connectivity index (χ4n) is 3.48. The molecular formula is C18H16F2N2O5S. The molecule has 2 aliphatic rings. The molecule has 0 aliphatic carbocycles. The van der Waals surface area contributed by atoms with Crippen molar-refractivity contribution in [3.8, 4) is 11.5 Å². The molecule has 28 heavy (non-hydrogen) atoms. The number of carbonyl (C=O) groups excluding carboxylic acids is 1. The molecule has 1 N–H and O–H groups in total. The second-order valence-corrected chi connectivity index (χ2v) is 8.35. The van der Waals surface area contributed by atoms with Gasteiger partial charge in [-0.1, -0.05) is 0 Å². The number of nitrogens with one attached hydrogen (secondary N) is 1. The number of rotatable bonds is 3. The van der Waals surface area contributed by atoms with Gasteiger partial charge in [0.15, 0.2) is 11.5 Å². The highest BCUT2D eigenvalue weighted by atomic mass is 32.2. The number of amides is 1. The molecule has 0 bridgehead atoms. The fourth-order valence-corrected chi connectivity index (χ4v) is 4.58. The molecule has 2 aromatic carbocycles. The van der Waals surface area contributed by atoms with Crippen molar-refractivity contribution < 1.29 is 31.5 Å². The Balaban J connectivity index is 1.61. The molecule has 4 rings (SSSR count). The van der Waals surface area contributed by atoms with Crippen molar-refractivity contribution in [1.29, 1.82) is 0 Å². The molecule has 0 saturated heterocycles. The molecule has 0 unspecified atom stereocenters. The molecule has 1 amide bonds. The highest BCUT2D eigenvalue weighted by molar-refractivity contribution is 7.92. The Labute approximate surface area is 159 Å². The second-order valence-electron chi connectivity index (χ2n) is 6.67. The number of hydrogen-bond donors (Lipinski definition) is 1. The number of sulfonamides is 1. The Morgan fingerprint density at radius 2 is 1.89 bits per heavy atom. The molecule has 2 aliphatic heterocycles. The molecule has 2 aromatic rings. The number of hydrogen-bond acceptors (Lipinski definition) is 5. The Morgan fingerprint density at radius 1 is 1.18 bits per heavy atom. The third-order valence-corrected chi connectivity index (χ3v) is 5.95. The smallest absolute Gasteiger partial charge is 0.395 e. The van der Waals surface area contributed by atoms with Gasteiger partial charge < -0.3 is 14.4 Å². The topological polar surface area (TPSA) is 84.9 Å². The first kappa shape index (κ1) is 18.5. The molecule has 148 valence electrons. The van der Waals surface area contributed by atoms with Crippen LogP contribution in [0.1, 0.15) is 19.4 Å². The van der Waals surface area contributed by atoms with E-state index >= 15 is 0 Å². The quantitative estimate of drug-likeness (QED) is 0.841. The summed E-state index contributed by atoms with van der Waals surface area (Å²) in [6, 6.07) is 8.07. The maximum atomic E-state index is 13.1. The lowest BCUT2D eigenvalue weighted by molar-refractivity contribution is -0.286. The first-order chi connectivity index (χ1) is 13.1. The summed E-state index contributed by atoms with van der Waals surface area (Å²) in [5.74, 6) is -0.550. The number of benzene rings is 2. The Bertz CT molecular complexity index is 1090. The SMILES string of the molecule is CC(=O)N1c2ccc(S(=O)(=O)Nc3ccc4c(c3)OC(F)(F)O4)cc2C[C@@H]1C. The van der Waals surface area contributed by atoms with E-state index in [9.17, 15) is 22.0 Å². The van der Waals surface area contributed by atoms with Crippen molar-refractivity contribution in [2.75, 3.05) is 9.62 Å². The number of alkyl halides is 2. The van der Waals surface area contributed by atoms with E-state index in [1.807, 2.05) is 6.92 Å².